The van der Waals surface area contributed by atoms with Crippen LogP contribution in [0.1, 0.15) is 43.5 Å². The number of nitrogens with one attached hydrogen (secondary N) is 1. The number of ketones is 1. The molecule has 24 heavy (non-hydrogen) atoms. The molecular formula is C18H26ClFN2O2. The maximum absolute atomic E-state index is 13.3. The zero-order chi connectivity index (χ0) is 16.8. The predicted molar refractivity (Wildman–Crippen MR) is 95.0 cm³/mol. The Labute approximate surface area is 149 Å². The van der Waals surface area contributed by atoms with Crippen LogP contribution >= 0.6 is 12.4 Å². The first kappa shape index (κ1) is 20.6. The van der Waals surface area contributed by atoms with E-state index in [1.165, 1.54) is 18.2 Å². The van der Waals surface area contributed by atoms with Crippen molar-refractivity contribution in [2.75, 3.05) is 19.6 Å². The lowest BCUT2D eigenvalue weighted by Gasteiger charge is -2.29. The van der Waals surface area contributed by atoms with E-state index in [4.69, 9.17) is 0 Å². The molecule has 1 heterocycles. The lowest BCUT2D eigenvalue weighted by molar-refractivity contribution is -0.133. The van der Waals surface area contributed by atoms with Crippen LogP contribution < -0.4 is 5.32 Å². The minimum atomic E-state index is -0.446. The Morgan fingerprint density at radius 1 is 1.42 bits per heavy atom. The fourth-order valence-electron chi connectivity index (χ4n) is 3.06. The monoisotopic (exact) mass is 356 g/mol. The van der Waals surface area contributed by atoms with Gasteiger partial charge in [0.2, 0.25) is 5.91 Å². The molecule has 1 amide bonds. The maximum Gasteiger partial charge on any atom is 0.223 e. The van der Waals surface area contributed by atoms with Gasteiger partial charge >= 0.3 is 0 Å². The van der Waals surface area contributed by atoms with Crippen LogP contribution in [0.3, 0.4) is 0 Å². The minimum Gasteiger partial charge on any atom is -0.338 e. The van der Waals surface area contributed by atoms with Gasteiger partial charge in [-0.1, -0.05) is 26.0 Å². The quantitative estimate of drug-likeness (QED) is 0.764. The van der Waals surface area contributed by atoms with Crippen molar-refractivity contribution < 1.29 is 14.0 Å². The van der Waals surface area contributed by atoms with Crippen molar-refractivity contribution in [3.05, 3.63) is 35.6 Å². The lowest BCUT2D eigenvalue weighted by atomic mass is 9.95. The Balaban J connectivity index is 0.00000288. The summed E-state index contributed by atoms with van der Waals surface area (Å²) in [6.45, 7) is 6.24. The highest BCUT2D eigenvalue weighted by atomic mass is 35.5. The zero-order valence-electron chi connectivity index (χ0n) is 14.3. The van der Waals surface area contributed by atoms with Gasteiger partial charge in [-0.25, -0.2) is 4.39 Å². The number of benzene rings is 1. The van der Waals surface area contributed by atoms with Gasteiger partial charge in [-0.05, 0) is 31.5 Å². The third-order valence-corrected chi connectivity index (χ3v) is 4.30. The van der Waals surface area contributed by atoms with Gasteiger partial charge in [-0.3, -0.25) is 9.59 Å². The van der Waals surface area contributed by atoms with Gasteiger partial charge in [0.15, 0.2) is 5.78 Å². The molecular weight excluding hydrogens is 331 g/mol. The molecule has 0 radical (unpaired) electrons. The van der Waals surface area contributed by atoms with Crippen molar-refractivity contribution in [1.82, 2.24) is 10.2 Å². The van der Waals surface area contributed by atoms with Crippen molar-refractivity contribution in [2.45, 2.75) is 39.2 Å². The average molecular weight is 357 g/mol. The molecule has 0 aliphatic carbocycles. The number of amides is 1. The molecule has 2 atom stereocenters. The van der Waals surface area contributed by atoms with Crippen molar-refractivity contribution >= 4 is 24.1 Å². The van der Waals surface area contributed by atoms with E-state index in [1.807, 2.05) is 11.8 Å². The molecule has 134 valence electrons. The third-order valence-electron chi connectivity index (χ3n) is 4.30. The van der Waals surface area contributed by atoms with E-state index in [1.54, 1.807) is 13.0 Å². The highest BCUT2D eigenvalue weighted by Crippen LogP contribution is 2.17. The van der Waals surface area contributed by atoms with E-state index in [0.717, 1.165) is 25.9 Å². The first-order chi connectivity index (χ1) is 11.0. The molecule has 0 spiro atoms. The van der Waals surface area contributed by atoms with Crippen molar-refractivity contribution in [2.24, 2.45) is 5.92 Å². The molecule has 0 saturated carbocycles. The van der Waals surface area contributed by atoms with Crippen LogP contribution in [0.5, 0.6) is 0 Å². The maximum atomic E-state index is 13.3. The summed E-state index contributed by atoms with van der Waals surface area (Å²) in [6.07, 6.45) is 2.03. The molecule has 2 unspecified atom stereocenters. The number of hydrogen-bond donors (Lipinski definition) is 1. The molecule has 0 aromatic heterocycles. The highest BCUT2D eigenvalue weighted by Gasteiger charge is 2.28. The molecule has 1 saturated heterocycles. The predicted octanol–water partition coefficient (Wildman–Crippen LogP) is 3.06. The van der Waals surface area contributed by atoms with Crippen LogP contribution in [0, 0.1) is 11.7 Å². The van der Waals surface area contributed by atoms with E-state index in [9.17, 15) is 14.0 Å². The largest absolute Gasteiger partial charge is 0.338 e. The van der Waals surface area contributed by atoms with Crippen LogP contribution in [0.25, 0.3) is 0 Å². The van der Waals surface area contributed by atoms with Gasteiger partial charge in [0.25, 0.3) is 0 Å². The summed E-state index contributed by atoms with van der Waals surface area (Å²) in [7, 11) is 0. The van der Waals surface area contributed by atoms with Gasteiger partial charge < -0.3 is 10.2 Å². The topological polar surface area (TPSA) is 49.4 Å². The van der Waals surface area contributed by atoms with Crippen LogP contribution in [-0.2, 0) is 4.79 Å². The molecule has 4 nitrogen and oxygen atoms in total. The molecule has 1 N–H and O–H groups in total. The number of Topliss-reactive ketones (excluding diaryl/α,β-unsaturated/α-hetero) is 1. The van der Waals surface area contributed by atoms with E-state index in [0.29, 0.717) is 12.1 Å². The summed E-state index contributed by atoms with van der Waals surface area (Å²) < 4.78 is 13.3. The van der Waals surface area contributed by atoms with Crippen LogP contribution in [-0.4, -0.2) is 42.3 Å². The Bertz CT molecular complexity index is 562. The van der Waals surface area contributed by atoms with Crippen molar-refractivity contribution in [3.8, 4) is 0 Å². The number of rotatable bonds is 7. The second kappa shape index (κ2) is 9.74. The molecule has 1 fully saturated rings. The van der Waals surface area contributed by atoms with Crippen LogP contribution in [0.4, 0.5) is 4.39 Å². The van der Waals surface area contributed by atoms with Crippen molar-refractivity contribution in [3.63, 3.8) is 0 Å². The summed E-state index contributed by atoms with van der Waals surface area (Å²) in [5.74, 6) is -1.05. The molecule has 1 aromatic rings. The van der Waals surface area contributed by atoms with Crippen LogP contribution in [0.2, 0.25) is 0 Å². The van der Waals surface area contributed by atoms with E-state index >= 15 is 0 Å². The normalized spacial score (nSPS) is 17.9. The standard InChI is InChI=1S/C18H25FN2O2.ClH/c1-3-9-21(16-7-8-20-12-16)17(22)10-13(2)18(23)14-5-4-6-15(19)11-14;/h4-6,11,13,16,20H,3,7-10,12H2,1-2H3;1H. The van der Waals surface area contributed by atoms with E-state index < -0.39 is 11.7 Å². The summed E-state index contributed by atoms with van der Waals surface area (Å²) in [4.78, 5) is 26.9. The van der Waals surface area contributed by atoms with Gasteiger partial charge in [0.05, 0.1) is 0 Å². The molecule has 0 bridgehead atoms. The average Bonchev–Trinajstić information content (AvgIpc) is 3.05. The van der Waals surface area contributed by atoms with Crippen molar-refractivity contribution in [1.29, 1.82) is 0 Å². The summed E-state index contributed by atoms with van der Waals surface area (Å²) in [5.41, 5.74) is 0.329. The second-order valence-corrected chi connectivity index (χ2v) is 6.21. The molecule has 1 aromatic carbocycles. The smallest absolute Gasteiger partial charge is 0.223 e. The number of carbonyl (C=O) groups excluding carboxylic acids is 2. The number of hydrogen-bond acceptors (Lipinski definition) is 3. The van der Waals surface area contributed by atoms with Gasteiger partial charge in [0, 0.05) is 37.0 Å². The van der Waals surface area contributed by atoms with E-state index in [-0.39, 0.29) is 36.6 Å². The third kappa shape index (κ3) is 5.28. The molecule has 1 aliphatic heterocycles. The SMILES string of the molecule is CCCN(C(=O)CC(C)C(=O)c1cccc(F)c1)C1CCNC1.Cl. The number of carbonyl (C=O) groups is 2. The number of nitrogens with zero attached hydrogens (tertiary/aromatic N) is 1. The first-order valence-electron chi connectivity index (χ1n) is 8.33. The summed E-state index contributed by atoms with van der Waals surface area (Å²) in [5, 5.41) is 3.27. The molecule has 6 heteroatoms. The Kier molecular flexibility index (Phi) is 8.36. The van der Waals surface area contributed by atoms with Gasteiger partial charge in [0.1, 0.15) is 5.82 Å². The number of halogens is 2. The first-order valence-corrected chi connectivity index (χ1v) is 8.33. The minimum absolute atomic E-state index is 0. The van der Waals surface area contributed by atoms with Gasteiger partial charge in [-0.2, -0.15) is 0 Å². The summed E-state index contributed by atoms with van der Waals surface area (Å²) >= 11 is 0. The second-order valence-electron chi connectivity index (χ2n) is 6.21. The Hall–Kier alpha value is -1.46. The fourth-order valence-corrected chi connectivity index (χ4v) is 3.06. The Morgan fingerprint density at radius 3 is 2.75 bits per heavy atom. The summed E-state index contributed by atoms with van der Waals surface area (Å²) in [6, 6.07) is 5.87. The molecule has 2 rings (SSSR count). The fraction of sp³-hybridized carbons (Fsp3) is 0.556. The Morgan fingerprint density at radius 2 is 2.17 bits per heavy atom. The van der Waals surface area contributed by atoms with Gasteiger partial charge in [-0.15, -0.1) is 12.4 Å². The zero-order valence-corrected chi connectivity index (χ0v) is 15.1. The highest BCUT2D eigenvalue weighted by molar-refractivity contribution is 5.99. The molecule has 1 aliphatic rings. The van der Waals surface area contributed by atoms with Crippen LogP contribution in [0.15, 0.2) is 24.3 Å². The van der Waals surface area contributed by atoms with E-state index in [2.05, 4.69) is 5.32 Å². The lowest BCUT2D eigenvalue weighted by Crippen LogP contribution is -2.43.